The number of aryl methyl sites for hydroxylation is 1. The zero-order valence-electron chi connectivity index (χ0n) is 10.6. The van der Waals surface area contributed by atoms with E-state index in [0.29, 0.717) is 0 Å². The first-order chi connectivity index (χ1) is 8.11. The zero-order chi connectivity index (χ0) is 12.7. The van der Waals surface area contributed by atoms with Crippen molar-refractivity contribution < 1.29 is 0 Å². The standard InChI is InChI=1S/C15H18S2/c1-5-14(9-6-12(2)3)16-17-15-10-7-13(4)8-11-15/h5-11H,1H2,2-4H3/b14-9+. The molecule has 0 aromatic heterocycles. The molecule has 0 atom stereocenters. The Morgan fingerprint density at radius 2 is 1.76 bits per heavy atom. The van der Waals surface area contributed by atoms with Crippen molar-refractivity contribution in [3.8, 4) is 0 Å². The van der Waals surface area contributed by atoms with Crippen molar-refractivity contribution in [2.24, 2.45) is 0 Å². The van der Waals surface area contributed by atoms with Crippen LogP contribution in [0, 0.1) is 6.92 Å². The van der Waals surface area contributed by atoms with Gasteiger partial charge in [0.15, 0.2) is 0 Å². The highest BCUT2D eigenvalue weighted by Crippen LogP contribution is 2.37. The first-order valence-corrected chi connectivity index (χ1v) is 7.65. The molecule has 0 saturated carbocycles. The summed E-state index contributed by atoms with van der Waals surface area (Å²) in [5.74, 6) is 0. The monoisotopic (exact) mass is 262 g/mol. The second-order valence-corrected chi connectivity index (χ2v) is 6.27. The summed E-state index contributed by atoms with van der Waals surface area (Å²) in [7, 11) is 3.50. The van der Waals surface area contributed by atoms with E-state index in [2.05, 4.69) is 63.8 Å². The fraction of sp³-hybridized carbons (Fsp3) is 0.200. The molecule has 0 heterocycles. The van der Waals surface area contributed by atoms with Gasteiger partial charge in [0.05, 0.1) is 0 Å². The topological polar surface area (TPSA) is 0 Å². The van der Waals surface area contributed by atoms with E-state index in [-0.39, 0.29) is 0 Å². The van der Waals surface area contributed by atoms with Gasteiger partial charge >= 0.3 is 0 Å². The van der Waals surface area contributed by atoms with E-state index in [0.717, 1.165) is 0 Å². The molecule has 1 aromatic carbocycles. The Morgan fingerprint density at radius 3 is 2.29 bits per heavy atom. The first kappa shape index (κ1) is 14.2. The molecule has 0 fully saturated rings. The normalized spacial score (nSPS) is 11.1. The summed E-state index contributed by atoms with van der Waals surface area (Å²) < 4.78 is 0. The fourth-order valence-corrected chi connectivity index (χ4v) is 2.98. The summed E-state index contributed by atoms with van der Waals surface area (Å²) >= 11 is 0. The molecule has 0 nitrogen and oxygen atoms in total. The van der Waals surface area contributed by atoms with Crippen LogP contribution >= 0.6 is 21.6 Å². The molecule has 0 aliphatic heterocycles. The maximum absolute atomic E-state index is 3.83. The molecule has 0 bridgehead atoms. The Hall–Kier alpha value is -0.860. The van der Waals surface area contributed by atoms with Gasteiger partial charge in [-0.3, -0.25) is 0 Å². The SMILES string of the molecule is C=C/C(=C\C=C(C)C)SSc1ccc(C)cc1. The molecule has 1 aromatic rings. The predicted octanol–water partition coefficient (Wildman–Crippen LogP) is 5.77. The number of hydrogen-bond donors (Lipinski definition) is 0. The number of rotatable bonds is 5. The lowest BCUT2D eigenvalue weighted by atomic mass is 10.2. The molecule has 0 aliphatic rings. The molecule has 0 aliphatic carbocycles. The third-order valence-corrected chi connectivity index (χ3v) is 4.49. The van der Waals surface area contributed by atoms with E-state index in [9.17, 15) is 0 Å². The minimum absolute atomic E-state index is 1.18. The van der Waals surface area contributed by atoms with Crippen molar-refractivity contribution in [2.75, 3.05) is 0 Å². The van der Waals surface area contributed by atoms with E-state index in [1.807, 2.05) is 6.08 Å². The summed E-state index contributed by atoms with van der Waals surface area (Å²) in [5, 5.41) is 0. The highest BCUT2D eigenvalue weighted by atomic mass is 33.1. The smallest absolute Gasteiger partial charge is 0.0186 e. The molecule has 0 spiro atoms. The van der Waals surface area contributed by atoms with Gasteiger partial charge < -0.3 is 0 Å². The third kappa shape index (κ3) is 5.85. The van der Waals surface area contributed by atoms with Gasteiger partial charge in [0.2, 0.25) is 0 Å². The summed E-state index contributed by atoms with van der Waals surface area (Å²) in [6.45, 7) is 10.1. The van der Waals surface area contributed by atoms with Gasteiger partial charge in [-0.2, -0.15) is 0 Å². The maximum atomic E-state index is 3.83. The molecular weight excluding hydrogens is 244 g/mol. The zero-order valence-corrected chi connectivity index (χ0v) is 12.2. The van der Waals surface area contributed by atoms with Crippen LogP contribution in [0.25, 0.3) is 0 Å². The van der Waals surface area contributed by atoms with Gasteiger partial charge in [0, 0.05) is 9.80 Å². The van der Waals surface area contributed by atoms with E-state index >= 15 is 0 Å². The van der Waals surface area contributed by atoms with Crippen LogP contribution < -0.4 is 0 Å². The number of hydrogen-bond acceptors (Lipinski definition) is 2. The van der Waals surface area contributed by atoms with Gasteiger partial charge in [0.1, 0.15) is 0 Å². The first-order valence-electron chi connectivity index (χ1n) is 5.50. The second-order valence-electron chi connectivity index (χ2n) is 4.00. The van der Waals surface area contributed by atoms with E-state index < -0.39 is 0 Å². The van der Waals surface area contributed by atoms with Crippen LogP contribution in [0.15, 0.2) is 64.4 Å². The molecule has 90 valence electrons. The van der Waals surface area contributed by atoms with Crippen molar-refractivity contribution in [1.82, 2.24) is 0 Å². The van der Waals surface area contributed by atoms with Crippen molar-refractivity contribution >= 4 is 21.6 Å². The Morgan fingerprint density at radius 1 is 1.12 bits per heavy atom. The van der Waals surface area contributed by atoms with Gasteiger partial charge in [-0.15, -0.1) is 0 Å². The molecule has 0 N–H and O–H groups in total. The lowest BCUT2D eigenvalue weighted by Gasteiger charge is -2.01. The summed E-state index contributed by atoms with van der Waals surface area (Å²) in [5.41, 5.74) is 2.59. The van der Waals surface area contributed by atoms with Crippen LogP contribution in [0.1, 0.15) is 19.4 Å². The Kier molecular flexibility index (Phi) is 6.23. The lowest BCUT2D eigenvalue weighted by molar-refractivity contribution is 1.38. The average molecular weight is 262 g/mol. The number of benzene rings is 1. The van der Waals surface area contributed by atoms with E-state index in [1.165, 1.54) is 20.9 Å². The summed E-state index contributed by atoms with van der Waals surface area (Å²) in [4.78, 5) is 2.45. The maximum Gasteiger partial charge on any atom is 0.0186 e. The van der Waals surface area contributed by atoms with Crippen LogP contribution in [-0.2, 0) is 0 Å². The average Bonchev–Trinajstić information content (AvgIpc) is 2.31. The van der Waals surface area contributed by atoms with Crippen molar-refractivity contribution in [3.05, 3.63) is 65.1 Å². The molecule has 0 unspecified atom stereocenters. The fourth-order valence-electron chi connectivity index (χ4n) is 1.07. The van der Waals surface area contributed by atoms with Crippen molar-refractivity contribution in [3.63, 3.8) is 0 Å². The molecule has 17 heavy (non-hydrogen) atoms. The largest absolute Gasteiger partial charge is 0.0979 e. The Balaban J connectivity index is 2.59. The van der Waals surface area contributed by atoms with Gasteiger partial charge in [-0.1, -0.05) is 63.6 Å². The molecule has 0 saturated heterocycles. The van der Waals surface area contributed by atoms with Gasteiger partial charge in [0.25, 0.3) is 0 Å². The van der Waals surface area contributed by atoms with Crippen LogP contribution in [0.4, 0.5) is 0 Å². The molecule has 0 amide bonds. The summed E-state index contributed by atoms with van der Waals surface area (Å²) in [6.07, 6.45) is 6.11. The van der Waals surface area contributed by atoms with Crippen LogP contribution in [0.5, 0.6) is 0 Å². The molecule has 0 radical (unpaired) electrons. The third-order valence-electron chi connectivity index (χ3n) is 2.04. The minimum atomic E-state index is 1.18. The van der Waals surface area contributed by atoms with Crippen LogP contribution in [0.3, 0.4) is 0 Å². The van der Waals surface area contributed by atoms with Crippen molar-refractivity contribution in [1.29, 1.82) is 0 Å². The predicted molar refractivity (Wildman–Crippen MR) is 82.3 cm³/mol. The molecule has 2 heteroatoms. The van der Waals surface area contributed by atoms with Gasteiger partial charge in [-0.05, 0) is 39.0 Å². The van der Waals surface area contributed by atoms with Crippen molar-refractivity contribution in [2.45, 2.75) is 25.7 Å². The van der Waals surface area contributed by atoms with Gasteiger partial charge in [-0.25, -0.2) is 0 Å². The summed E-state index contributed by atoms with van der Waals surface area (Å²) in [6, 6.07) is 8.57. The van der Waals surface area contributed by atoms with E-state index in [1.54, 1.807) is 21.6 Å². The Bertz CT molecular complexity index is 421. The molecular formula is C15H18S2. The highest BCUT2D eigenvalue weighted by molar-refractivity contribution is 8.78. The Labute approximate surface area is 112 Å². The molecule has 1 rings (SSSR count). The van der Waals surface area contributed by atoms with E-state index in [4.69, 9.17) is 0 Å². The lowest BCUT2D eigenvalue weighted by Crippen LogP contribution is -1.72. The quantitative estimate of drug-likeness (QED) is 0.488. The highest BCUT2D eigenvalue weighted by Gasteiger charge is 1.96. The van der Waals surface area contributed by atoms with Crippen LogP contribution in [-0.4, -0.2) is 0 Å². The minimum Gasteiger partial charge on any atom is -0.0979 e. The second kappa shape index (κ2) is 7.46. The van der Waals surface area contributed by atoms with Crippen LogP contribution in [0.2, 0.25) is 0 Å². The number of allylic oxidation sites excluding steroid dienone is 4.